The van der Waals surface area contributed by atoms with Crippen LogP contribution in [0.3, 0.4) is 0 Å². The SMILES string of the molecule is Cc1ccc(C(C)(O)Cc2cccc3ccccc23)cc1. The summed E-state index contributed by atoms with van der Waals surface area (Å²) in [5.41, 5.74) is 2.48. The van der Waals surface area contributed by atoms with Crippen molar-refractivity contribution in [2.75, 3.05) is 0 Å². The third kappa shape index (κ3) is 2.84. The number of hydrogen-bond acceptors (Lipinski definition) is 1. The summed E-state index contributed by atoms with van der Waals surface area (Å²) >= 11 is 0. The van der Waals surface area contributed by atoms with Crippen molar-refractivity contribution >= 4 is 10.8 Å². The van der Waals surface area contributed by atoms with Gasteiger partial charge >= 0.3 is 0 Å². The topological polar surface area (TPSA) is 20.2 Å². The summed E-state index contributed by atoms with van der Waals surface area (Å²) in [7, 11) is 0. The van der Waals surface area contributed by atoms with Gasteiger partial charge in [0.1, 0.15) is 0 Å². The van der Waals surface area contributed by atoms with E-state index in [1.807, 2.05) is 43.3 Å². The van der Waals surface area contributed by atoms with Crippen LogP contribution in [0.4, 0.5) is 0 Å². The maximum atomic E-state index is 10.9. The van der Waals surface area contributed by atoms with E-state index in [-0.39, 0.29) is 0 Å². The molecule has 0 heterocycles. The largest absolute Gasteiger partial charge is 0.385 e. The van der Waals surface area contributed by atoms with Gasteiger partial charge in [-0.3, -0.25) is 0 Å². The normalized spacial score (nSPS) is 14.0. The molecular weight excluding hydrogens is 256 g/mol. The molecule has 3 aromatic rings. The van der Waals surface area contributed by atoms with Crippen LogP contribution in [0.1, 0.15) is 23.6 Å². The molecule has 0 spiro atoms. The fraction of sp³-hybridized carbons (Fsp3) is 0.200. The zero-order chi connectivity index (χ0) is 14.9. The molecule has 3 aromatic carbocycles. The summed E-state index contributed by atoms with van der Waals surface area (Å²) in [6.07, 6.45) is 0.609. The van der Waals surface area contributed by atoms with E-state index in [4.69, 9.17) is 0 Å². The molecule has 106 valence electrons. The minimum atomic E-state index is -0.863. The van der Waals surface area contributed by atoms with Gasteiger partial charge in [0.05, 0.1) is 5.60 Å². The first-order chi connectivity index (χ1) is 10.1. The molecule has 0 aliphatic heterocycles. The molecule has 0 aliphatic rings. The van der Waals surface area contributed by atoms with Crippen LogP contribution in [-0.4, -0.2) is 5.11 Å². The van der Waals surface area contributed by atoms with E-state index in [1.165, 1.54) is 21.9 Å². The average molecular weight is 276 g/mol. The zero-order valence-electron chi connectivity index (χ0n) is 12.5. The quantitative estimate of drug-likeness (QED) is 0.741. The fourth-order valence-electron chi connectivity index (χ4n) is 2.83. The van der Waals surface area contributed by atoms with Crippen LogP contribution in [0.2, 0.25) is 0 Å². The highest BCUT2D eigenvalue weighted by molar-refractivity contribution is 5.85. The molecule has 21 heavy (non-hydrogen) atoms. The fourth-order valence-corrected chi connectivity index (χ4v) is 2.83. The smallest absolute Gasteiger partial charge is 0.0908 e. The summed E-state index contributed by atoms with van der Waals surface area (Å²) in [6.45, 7) is 3.95. The predicted molar refractivity (Wildman–Crippen MR) is 88.4 cm³/mol. The number of benzene rings is 3. The van der Waals surface area contributed by atoms with E-state index in [0.717, 1.165) is 5.56 Å². The van der Waals surface area contributed by atoms with Crippen molar-refractivity contribution in [2.24, 2.45) is 0 Å². The first kappa shape index (κ1) is 13.8. The Bertz CT molecular complexity index is 749. The molecule has 3 rings (SSSR count). The van der Waals surface area contributed by atoms with Gasteiger partial charge in [-0.1, -0.05) is 72.3 Å². The Hall–Kier alpha value is -2.12. The van der Waals surface area contributed by atoms with Crippen molar-refractivity contribution < 1.29 is 5.11 Å². The van der Waals surface area contributed by atoms with Crippen LogP contribution < -0.4 is 0 Å². The van der Waals surface area contributed by atoms with E-state index < -0.39 is 5.60 Å². The molecule has 0 aliphatic carbocycles. The average Bonchev–Trinajstić information content (AvgIpc) is 2.48. The number of hydrogen-bond donors (Lipinski definition) is 1. The third-order valence-corrected chi connectivity index (χ3v) is 4.09. The summed E-state index contributed by atoms with van der Waals surface area (Å²) < 4.78 is 0. The lowest BCUT2D eigenvalue weighted by Crippen LogP contribution is -2.24. The Kier molecular flexibility index (Phi) is 3.52. The van der Waals surface area contributed by atoms with E-state index in [0.29, 0.717) is 6.42 Å². The van der Waals surface area contributed by atoms with Gasteiger partial charge in [-0.05, 0) is 35.7 Å². The molecule has 0 saturated heterocycles. The van der Waals surface area contributed by atoms with Gasteiger partial charge in [-0.25, -0.2) is 0 Å². The molecule has 1 heteroatoms. The standard InChI is InChI=1S/C20H20O/c1-15-10-12-18(13-11-15)20(2,21)14-17-8-5-7-16-6-3-4-9-19(16)17/h3-13,21H,14H2,1-2H3. The van der Waals surface area contributed by atoms with E-state index in [2.05, 4.69) is 37.3 Å². The molecule has 1 N–H and O–H groups in total. The third-order valence-electron chi connectivity index (χ3n) is 4.09. The van der Waals surface area contributed by atoms with Crippen LogP contribution in [0, 0.1) is 6.92 Å². The van der Waals surface area contributed by atoms with Gasteiger partial charge in [0, 0.05) is 6.42 Å². The summed E-state index contributed by atoms with van der Waals surface area (Å²) in [6, 6.07) is 22.7. The van der Waals surface area contributed by atoms with Crippen molar-refractivity contribution in [3.05, 3.63) is 83.4 Å². The summed E-state index contributed by atoms with van der Waals surface area (Å²) in [4.78, 5) is 0. The molecule has 1 atom stereocenters. The molecule has 1 nitrogen and oxygen atoms in total. The van der Waals surface area contributed by atoms with E-state index in [9.17, 15) is 5.11 Å². The predicted octanol–water partition coefficient (Wildman–Crippen LogP) is 4.60. The second-order valence-corrected chi connectivity index (χ2v) is 5.95. The van der Waals surface area contributed by atoms with Crippen LogP contribution in [-0.2, 0) is 12.0 Å². The number of rotatable bonds is 3. The second kappa shape index (κ2) is 5.34. The Labute approximate surface area is 125 Å². The lowest BCUT2D eigenvalue weighted by atomic mass is 9.87. The highest BCUT2D eigenvalue weighted by atomic mass is 16.3. The zero-order valence-corrected chi connectivity index (χ0v) is 12.5. The van der Waals surface area contributed by atoms with Gasteiger partial charge in [0.25, 0.3) is 0 Å². The number of fused-ring (bicyclic) bond motifs is 1. The number of aliphatic hydroxyl groups is 1. The Balaban J connectivity index is 1.99. The molecule has 0 radical (unpaired) electrons. The van der Waals surface area contributed by atoms with Crippen molar-refractivity contribution in [3.63, 3.8) is 0 Å². The van der Waals surface area contributed by atoms with E-state index in [1.54, 1.807) is 0 Å². The molecule has 1 unspecified atom stereocenters. The maximum absolute atomic E-state index is 10.9. The lowest BCUT2D eigenvalue weighted by Gasteiger charge is -2.25. The van der Waals surface area contributed by atoms with Gasteiger partial charge in [0.2, 0.25) is 0 Å². The molecule has 0 bridgehead atoms. The maximum Gasteiger partial charge on any atom is 0.0908 e. The van der Waals surface area contributed by atoms with Gasteiger partial charge < -0.3 is 5.11 Å². The molecule has 0 amide bonds. The molecular formula is C20H20O. The number of aryl methyl sites for hydroxylation is 1. The minimum absolute atomic E-state index is 0.609. The highest BCUT2D eigenvalue weighted by Gasteiger charge is 2.24. The summed E-state index contributed by atoms with van der Waals surface area (Å²) in [5, 5.41) is 13.3. The molecule has 0 fully saturated rings. The van der Waals surface area contributed by atoms with Crippen molar-refractivity contribution in [3.8, 4) is 0 Å². The van der Waals surface area contributed by atoms with Crippen molar-refractivity contribution in [1.82, 2.24) is 0 Å². The highest BCUT2D eigenvalue weighted by Crippen LogP contribution is 2.29. The van der Waals surface area contributed by atoms with Gasteiger partial charge in [-0.2, -0.15) is 0 Å². The van der Waals surface area contributed by atoms with Gasteiger partial charge in [0.15, 0.2) is 0 Å². The van der Waals surface area contributed by atoms with E-state index >= 15 is 0 Å². The monoisotopic (exact) mass is 276 g/mol. The van der Waals surface area contributed by atoms with Crippen LogP contribution in [0.25, 0.3) is 10.8 Å². The van der Waals surface area contributed by atoms with Crippen molar-refractivity contribution in [2.45, 2.75) is 25.9 Å². The van der Waals surface area contributed by atoms with Crippen LogP contribution in [0.15, 0.2) is 66.7 Å². The second-order valence-electron chi connectivity index (χ2n) is 5.95. The molecule has 0 saturated carbocycles. The Morgan fingerprint density at radius 3 is 2.29 bits per heavy atom. The van der Waals surface area contributed by atoms with Crippen molar-refractivity contribution in [1.29, 1.82) is 0 Å². The van der Waals surface area contributed by atoms with Crippen LogP contribution in [0.5, 0.6) is 0 Å². The summed E-state index contributed by atoms with van der Waals surface area (Å²) in [5.74, 6) is 0. The lowest BCUT2D eigenvalue weighted by molar-refractivity contribution is 0.0579. The first-order valence-corrected chi connectivity index (χ1v) is 7.32. The first-order valence-electron chi connectivity index (χ1n) is 7.32. The molecule has 0 aromatic heterocycles. The Morgan fingerprint density at radius 1 is 0.857 bits per heavy atom. The van der Waals surface area contributed by atoms with Crippen LogP contribution >= 0.6 is 0 Å². The minimum Gasteiger partial charge on any atom is -0.385 e. The Morgan fingerprint density at radius 2 is 1.52 bits per heavy atom. The van der Waals surface area contributed by atoms with Gasteiger partial charge in [-0.15, -0.1) is 0 Å².